The lowest BCUT2D eigenvalue weighted by molar-refractivity contribution is 0.103. The molecule has 0 saturated heterocycles. The van der Waals surface area contributed by atoms with Crippen LogP contribution in [0.15, 0.2) is 64.9 Å². The number of hydrogen-bond acceptors (Lipinski definition) is 4. The Morgan fingerprint density at radius 3 is 2.60 bits per heavy atom. The van der Waals surface area contributed by atoms with Crippen LogP contribution in [-0.2, 0) is 0 Å². The van der Waals surface area contributed by atoms with E-state index < -0.39 is 0 Å². The number of ketones is 1. The number of anilines is 1. The lowest BCUT2D eigenvalue weighted by Gasteiger charge is -2.02. The van der Waals surface area contributed by atoms with Gasteiger partial charge >= 0.3 is 0 Å². The smallest absolute Gasteiger partial charge is 0.205 e. The van der Waals surface area contributed by atoms with Crippen LogP contribution in [0.1, 0.15) is 10.4 Å². The Morgan fingerprint density at radius 2 is 2.00 bits per heavy atom. The van der Waals surface area contributed by atoms with Gasteiger partial charge in [0, 0.05) is 22.4 Å². The van der Waals surface area contributed by atoms with Gasteiger partial charge in [0.05, 0.1) is 0 Å². The Hall–Kier alpha value is -2.45. The van der Waals surface area contributed by atoms with Gasteiger partial charge < -0.3 is 5.32 Å². The van der Waals surface area contributed by atoms with Crippen LogP contribution < -0.4 is 5.32 Å². The average molecular weight is 328 g/mol. The minimum absolute atomic E-state index is 0.0286. The van der Waals surface area contributed by atoms with Crippen molar-refractivity contribution in [3.05, 3.63) is 70.5 Å². The minimum atomic E-state index is -0.322. The summed E-state index contributed by atoms with van der Waals surface area (Å²) in [4.78, 5) is 16.2. The quantitative estimate of drug-likeness (QED) is 0.530. The number of Topliss-reactive ketones (excluding diaryl/α,β-unsaturated/α-hetero) is 1. The molecule has 1 N–H and O–H groups in total. The van der Waals surface area contributed by atoms with E-state index in [1.54, 1.807) is 36.5 Å². The van der Waals surface area contributed by atoms with Crippen LogP contribution in [-0.4, -0.2) is 10.8 Å². The van der Waals surface area contributed by atoms with Crippen LogP contribution in [0, 0.1) is 11.3 Å². The van der Waals surface area contributed by atoms with E-state index in [1.807, 2.05) is 18.2 Å². The highest BCUT2D eigenvalue weighted by molar-refractivity contribution is 9.10. The summed E-state index contributed by atoms with van der Waals surface area (Å²) in [5, 5.41) is 11.9. The molecule has 0 fully saturated rings. The zero-order valence-corrected chi connectivity index (χ0v) is 12.0. The summed E-state index contributed by atoms with van der Waals surface area (Å²) in [6.07, 6.45) is 2.99. The van der Waals surface area contributed by atoms with Crippen molar-refractivity contribution in [2.24, 2.45) is 0 Å². The standard InChI is InChI=1S/C15H10BrN3O/c16-13-6-7-14(19-10-13)18-9-12(8-17)15(20)11-4-2-1-3-5-11/h1-7,9-10H,(H,18,19). The maximum Gasteiger partial charge on any atom is 0.205 e. The predicted molar refractivity (Wildman–Crippen MR) is 80.0 cm³/mol. The summed E-state index contributed by atoms with van der Waals surface area (Å²) in [5.74, 6) is 0.236. The first-order valence-electron chi connectivity index (χ1n) is 5.79. The molecule has 0 aliphatic carbocycles. The third kappa shape index (κ3) is 3.53. The highest BCUT2D eigenvalue weighted by Crippen LogP contribution is 2.12. The van der Waals surface area contributed by atoms with E-state index in [1.165, 1.54) is 6.20 Å². The molecule has 0 bridgehead atoms. The van der Waals surface area contributed by atoms with E-state index in [0.717, 1.165) is 4.47 Å². The summed E-state index contributed by atoms with van der Waals surface area (Å²) in [6.45, 7) is 0. The van der Waals surface area contributed by atoms with Gasteiger partial charge in [0.2, 0.25) is 5.78 Å². The second-order valence-corrected chi connectivity index (χ2v) is 4.79. The molecule has 0 atom stereocenters. The molecule has 0 saturated carbocycles. The average Bonchev–Trinajstić information content (AvgIpc) is 2.50. The molecule has 0 radical (unpaired) electrons. The number of halogens is 1. The number of aromatic nitrogens is 1. The number of carbonyl (C=O) groups excluding carboxylic acids is 1. The van der Waals surface area contributed by atoms with Crippen molar-refractivity contribution in [2.75, 3.05) is 5.32 Å². The van der Waals surface area contributed by atoms with Gasteiger partial charge in [0.1, 0.15) is 17.5 Å². The minimum Gasteiger partial charge on any atom is -0.345 e. The topological polar surface area (TPSA) is 65.8 Å². The first-order valence-corrected chi connectivity index (χ1v) is 6.58. The van der Waals surface area contributed by atoms with Crippen molar-refractivity contribution in [1.29, 1.82) is 5.26 Å². The van der Waals surface area contributed by atoms with Crippen LogP contribution in [0.3, 0.4) is 0 Å². The van der Waals surface area contributed by atoms with Gasteiger partial charge in [-0.05, 0) is 28.1 Å². The van der Waals surface area contributed by atoms with E-state index in [0.29, 0.717) is 11.4 Å². The van der Waals surface area contributed by atoms with Gasteiger partial charge in [0.25, 0.3) is 0 Å². The number of rotatable bonds is 4. The van der Waals surface area contributed by atoms with E-state index in [4.69, 9.17) is 5.26 Å². The summed E-state index contributed by atoms with van der Waals surface area (Å²) >= 11 is 3.28. The highest BCUT2D eigenvalue weighted by atomic mass is 79.9. The van der Waals surface area contributed by atoms with E-state index in [2.05, 4.69) is 26.2 Å². The van der Waals surface area contributed by atoms with Crippen molar-refractivity contribution in [2.45, 2.75) is 0 Å². The molecule has 20 heavy (non-hydrogen) atoms. The van der Waals surface area contributed by atoms with Gasteiger partial charge in [-0.3, -0.25) is 4.79 Å². The molecule has 0 amide bonds. The maximum absolute atomic E-state index is 12.1. The summed E-state index contributed by atoms with van der Waals surface area (Å²) in [5.41, 5.74) is 0.506. The van der Waals surface area contributed by atoms with Gasteiger partial charge in [0.15, 0.2) is 0 Å². The van der Waals surface area contributed by atoms with Gasteiger partial charge in [-0.25, -0.2) is 4.98 Å². The van der Waals surface area contributed by atoms with E-state index in [-0.39, 0.29) is 11.4 Å². The number of nitrogens with zero attached hydrogens (tertiary/aromatic N) is 2. The largest absolute Gasteiger partial charge is 0.345 e. The third-order valence-electron chi connectivity index (χ3n) is 2.49. The fraction of sp³-hybridized carbons (Fsp3) is 0. The second kappa shape index (κ2) is 6.64. The number of benzene rings is 1. The molecule has 98 valence electrons. The lowest BCUT2D eigenvalue weighted by Crippen LogP contribution is -2.04. The number of nitrogens with one attached hydrogen (secondary N) is 1. The summed E-state index contributed by atoms with van der Waals surface area (Å²) < 4.78 is 0.855. The van der Waals surface area contributed by atoms with Crippen LogP contribution in [0.25, 0.3) is 0 Å². The Bertz CT molecular complexity index is 673. The molecule has 1 heterocycles. The molecule has 1 aromatic carbocycles. The van der Waals surface area contributed by atoms with Crippen molar-refractivity contribution in [3.63, 3.8) is 0 Å². The van der Waals surface area contributed by atoms with Gasteiger partial charge in [-0.1, -0.05) is 30.3 Å². The summed E-state index contributed by atoms with van der Waals surface area (Å²) in [6, 6.07) is 14.1. The molecular formula is C15H10BrN3O. The molecular weight excluding hydrogens is 318 g/mol. The van der Waals surface area contributed by atoms with E-state index >= 15 is 0 Å². The lowest BCUT2D eigenvalue weighted by atomic mass is 10.1. The van der Waals surface area contributed by atoms with Gasteiger partial charge in [-0.15, -0.1) is 0 Å². The van der Waals surface area contributed by atoms with Crippen molar-refractivity contribution < 1.29 is 4.79 Å². The Labute approximate surface area is 124 Å². The molecule has 4 nitrogen and oxygen atoms in total. The first kappa shape index (κ1) is 14.0. The molecule has 0 aliphatic rings. The Kier molecular flexibility index (Phi) is 4.64. The molecule has 1 aromatic heterocycles. The second-order valence-electron chi connectivity index (χ2n) is 3.87. The highest BCUT2D eigenvalue weighted by Gasteiger charge is 2.11. The SMILES string of the molecule is N#CC(=CNc1ccc(Br)cn1)C(=O)c1ccccc1. The number of allylic oxidation sites excluding steroid dienone is 1. The predicted octanol–water partition coefficient (Wildman–Crippen LogP) is 3.55. The number of carbonyl (C=O) groups is 1. The van der Waals surface area contributed by atoms with E-state index in [9.17, 15) is 4.79 Å². The molecule has 5 heteroatoms. The van der Waals surface area contributed by atoms with Crippen LogP contribution >= 0.6 is 15.9 Å². The van der Waals surface area contributed by atoms with Crippen molar-refractivity contribution in [3.8, 4) is 6.07 Å². The zero-order valence-electron chi connectivity index (χ0n) is 10.4. The molecule has 2 rings (SSSR count). The molecule has 0 spiro atoms. The molecule has 0 unspecified atom stereocenters. The zero-order chi connectivity index (χ0) is 14.4. The van der Waals surface area contributed by atoms with Crippen molar-refractivity contribution in [1.82, 2.24) is 4.98 Å². The fourth-order valence-corrected chi connectivity index (χ4v) is 1.74. The van der Waals surface area contributed by atoms with Crippen LogP contribution in [0.5, 0.6) is 0 Å². The number of nitriles is 1. The van der Waals surface area contributed by atoms with Crippen LogP contribution in [0.2, 0.25) is 0 Å². The van der Waals surface area contributed by atoms with Gasteiger partial charge in [-0.2, -0.15) is 5.26 Å². The fourth-order valence-electron chi connectivity index (χ4n) is 1.50. The third-order valence-corrected chi connectivity index (χ3v) is 2.96. The monoisotopic (exact) mass is 327 g/mol. The number of pyridine rings is 1. The molecule has 2 aromatic rings. The normalized spacial score (nSPS) is 10.7. The van der Waals surface area contributed by atoms with Crippen molar-refractivity contribution >= 4 is 27.5 Å². The molecule has 0 aliphatic heterocycles. The number of hydrogen-bond donors (Lipinski definition) is 1. The maximum atomic E-state index is 12.1. The Morgan fingerprint density at radius 1 is 1.25 bits per heavy atom. The first-order chi connectivity index (χ1) is 9.70. The van der Waals surface area contributed by atoms with Crippen LogP contribution in [0.4, 0.5) is 5.82 Å². The summed E-state index contributed by atoms with van der Waals surface area (Å²) in [7, 11) is 0. The Balaban J connectivity index is 2.16.